The normalized spacial score (nSPS) is 18.5. The molecule has 2 aliphatic heterocycles. The van der Waals surface area contributed by atoms with Crippen molar-refractivity contribution in [1.82, 2.24) is 4.31 Å². The first-order valence-corrected chi connectivity index (χ1v) is 10.9. The number of anilines is 1. The van der Waals surface area contributed by atoms with Crippen LogP contribution in [0.15, 0.2) is 23.1 Å². The standard InChI is InChI=1S/C19H26N2O5S/c1-15(22)14-26-19(23)17-13-16(7-8-18(17)20-9-5-6-10-20)27(24,25)21-11-3-2-4-12-21/h7-8,13H,2-6,9-12,14H2,1H3. The Morgan fingerprint density at radius 1 is 1.00 bits per heavy atom. The minimum Gasteiger partial charge on any atom is -0.454 e. The van der Waals surface area contributed by atoms with Gasteiger partial charge in [-0.1, -0.05) is 6.42 Å². The number of nitrogens with zero attached hydrogens (tertiary/aromatic N) is 2. The SMILES string of the molecule is CC(=O)COC(=O)c1cc(S(=O)(=O)N2CCCCC2)ccc1N1CCCC1. The molecule has 0 amide bonds. The van der Waals surface area contributed by atoms with Crippen molar-refractivity contribution in [2.24, 2.45) is 0 Å². The number of sulfonamides is 1. The molecule has 0 aromatic heterocycles. The second-order valence-corrected chi connectivity index (χ2v) is 9.05. The van der Waals surface area contributed by atoms with Crippen molar-refractivity contribution in [3.8, 4) is 0 Å². The summed E-state index contributed by atoms with van der Waals surface area (Å²) >= 11 is 0. The summed E-state index contributed by atoms with van der Waals surface area (Å²) in [4.78, 5) is 25.9. The van der Waals surface area contributed by atoms with E-state index in [1.165, 1.54) is 17.3 Å². The van der Waals surface area contributed by atoms with Crippen LogP contribution in [-0.2, 0) is 19.6 Å². The van der Waals surface area contributed by atoms with E-state index in [9.17, 15) is 18.0 Å². The van der Waals surface area contributed by atoms with E-state index in [4.69, 9.17) is 4.74 Å². The second-order valence-electron chi connectivity index (χ2n) is 7.12. The highest BCUT2D eigenvalue weighted by atomic mass is 32.2. The molecule has 0 unspecified atom stereocenters. The summed E-state index contributed by atoms with van der Waals surface area (Å²) in [6.45, 7) is 3.64. The Bertz CT molecular complexity index is 809. The second kappa shape index (κ2) is 8.39. The van der Waals surface area contributed by atoms with Gasteiger partial charge < -0.3 is 9.64 Å². The number of rotatable bonds is 6. The molecular weight excluding hydrogens is 368 g/mol. The lowest BCUT2D eigenvalue weighted by Crippen LogP contribution is -2.35. The average molecular weight is 394 g/mol. The molecule has 2 heterocycles. The third kappa shape index (κ3) is 4.50. The van der Waals surface area contributed by atoms with Gasteiger partial charge in [0, 0.05) is 26.2 Å². The predicted octanol–water partition coefficient (Wildman–Crippen LogP) is 2.21. The van der Waals surface area contributed by atoms with Crippen molar-refractivity contribution in [2.75, 3.05) is 37.7 Å². The first kappa shape index (κ1) is 19.8. The van der Waals surface area contributed by atoms with E-state index in [-0.39, 0.29) is 22.8 Å². The number of benzene rings is 1. The van der Waals surface area contributed by atoms with Gasteiger partial charge >= 0.3 is 5.97 Å². The molecule has 0 bridgehead atoms. The molecule has 2 fully saturated rings. The zero-order chi connectivity index (χ0) is 19.4. The number of hydrogen-bond acceptors (Lipinski definition) is 6. The fourth-order valence-corrected chi connectivity index (χ4v) is 5.12. The van der Waals surface area contributed by atoms with Crippen LogP contribution in [0.5, 0.6) is 0 Å². The Hall–Kier alpha value is -1.93. The van der Waals surface area contributed by atoms with Gasteiger partial charge in [-0.2, -0.15) is 4.31 Å². The zero-order valence-electron chi connectivity index (χ0n) is 15.6. The van der Waals surface area contributed by atoms with Crippen LogP contribution in [-0.4, -0.2) is 57.3 Å². The van der Waals surface area contributed by atoms with Gasteiger partial charge in [-0.25, -0.2) is 13.2 Å². The van der Waals surface area contributed by atoms with E-state index in [0.29, 0.717) is 18.8 Å². The highest BCUT2D eigenvalue weighted by molar-refractivity contribution is 7.89. The van der Waals surface area contributed by atoms with Crippen molar-refractivity contribution in [3.63, 3.8) is 0 Å². The maximum Gasteiger partial charge on any atom is 0.340 e. The molecule has 7 nitrogen and oxygen atoms in total. The van der Waals surface area contributed by atoms with Gasteiger partial charge in [0.25, 0.3) is 0 Å². The molecular formula is C19H26N2O5S. The zero-order valence-corrected chi connectivity index (χ0v) is 16.5. The Balaban J connectivity index is 1.95. The van der Waals surface area contributed by atoms with Gasteiger partial charge in [-0.3, -0.25) is 4.79 Å². The Morgan fingerprint density at radius 2 is 1.63 bits per heavy atom. The average Bonchev–Trinajstić information content (AvgIpc) is 3.21. The Kier molecular flexibility index (Phi) is 6.16. The van der Waals surface area contributed by atoms with E-state index in [1.807, 2.05) is 0 Å². The van der Waals surface area contributed by atoms with Gasteiger partial charge in [-0.05, 0) is 50.8 Å². The number of carbonyl (C=O) groups is 2. The molecule has 0 aliphatic carbocycles. The molecule has 2 saturated heterocycles. The molecule has 8 heteroatoms. The molecule has 27 heavy (non-hydrogen) atoms. The van der Waals surface area contributed by atoms with E-state index in [0.717, 1.165) is 45.2 Å². The summed E-state index contributed by atoms with van der Waals surface area (Å²) in [6.07, 6.45) is 4.77. The Labute approximate surface area is 160 Å². The minimum absolute atomic E-state index is 0.0992. The molecule has 148 valence electrons. The summed E-state index contributed by atoms with van der Waals surface area (Å²) in [6, 6.07) is 4.66. The summed E-state index contributed by atoms with van der Waals surface area (Å²) in [5.41, 5.74) is 0.870. The smallest absolute Gasteiger partial charge is 0.340 e. The van der Waals surface area contributed by atoms with Crippen LogP contribution in [0.1, 0.15) is 49.4 Å². The number of piperidine rings is 1. The lowest BCUT2D eigenvalue weighted by molar-refractivity contribution is -0.120. The van der Waals surface area contributed by atoms with Gasteiger partial charge in [0.15, 0.2) is 5.78 Å². The van der Waals surface area contributed by atoms with Crippen LogP contribution >= 0.6 is 0 Å². The summed E-state index contributed by atoms with van der Waals surface area (Å²) in [5.74, 6) is -0.925. The van der Waals surface area contributed by atoms with E-state index < -0.39 is 16.0 Å². The number of ether oxygens (including phenoxy) is 1. The summed E-state index contributed by atoms with van der Waals surface area (Å²) < 4.78 is 32.5. The van der Waals surface area contributed by atoms with Gasteiger partial charge in [0.1, 0.15) is 6.61 Å². The highest BCUT2D eigenvalue weighted by Gasteiger charge is 2.29. The molecule has 3 rings (SSSR count). The fraction of sp³-hybridized carbons (Fsp3) is 0.579. The largest absolute Gasteiger partial charge is 0.454 e. The van der Waals surface area contributed by atoms with Crippen LogP contribution in [0.4, 0.5) is 5.69 Å². The Morgan fingerprint density at radius 3 is 2.26 bits per heavy atom. The maximum atomic E-state index is 13.0. The molecule has 1 aromatic carbocycles. The molecule has 1 aromatic rings. The monoisotopic (exact) mass is 394 g/mol. The van der Waals surface area contributed by atoms with Crippen LogP contribution in [0.3, 0.4) is 0 Å². The number of Topliss-reactive ketones (excluding diaryl/α,β-unsaturated/α-hetero) is 1. The minimum atomic E-state index is -3.65. The maximum absolute atomic E-state index is 13.0. The number of ketones is 1. The van der Waals surface area contributed by atoms with E-state index in [2.05, 4.69) is 4.90 Å². The fourth-order valence-electron chi connectivity index (χ4n) is 3.57. The third-order valence-corrected chi connectivity index (χ3v) is 6.89. The van der Waals surface area contributed by atoms with Crippen molar-refractivity contribution in [2.45, 2.75) is 43.9 Å². The number of hydrogen-bond donors (Lipinski definition) is 0. The van der Waals surface area contributed by atoms with Gasteiger partial charge in [-0.15, -0.1) is 0 Å². The van der Waals surface area contributed by atoms with Gasteiger partial charge in [0.05, 0.1) is 16.1 Å². The van der Waals surface area contributed by atoms with Crippen molar-refractivity contribution < 1.29 is 22.7 Å². The first-order valence-electron chi connectivity index (χ1n) is 9.45. The summed E-state index contributed by atoms with van der Waals surface area (Å²) in [5, 5.41) is 0. The molecule has 2 aliphatic rings. The van der Waals surface area contributed by atoms with Crippen LogP contribution in [0.2, 0.25) is 0 Å². The highest BCUT2D eigenvalue weighted by Crippen LogP contribution is 2.30. The molecule has 0 saturated carbocycles. The van der Waals surface area contributed by atoms with Crippen molar-refractivity contribution in [3.05, 3.63) is 23.8 Å². The van der Waals surface area contributed by atoms with Crippen LogP contribution in [0.25, 0.3) is 0 Å². The molecule has 0 spiro atoms. The topological polar surface area (TPSA) is 84.0 Å². The van der Waals surface area contributed by atoms with Gasteiger partial charge in [0.2, 0.25) is 10.0 Å². The van der Waals surface area contributed by atoms with E-state index >= 15 is 0 Å². The lowest BCUT2D eigenvalue weighted by atomic mass is 10.1. The van der Waals surface area contributed by atoms with Crippen molar-refractivity contribution >= 4 is 27.5 Å². The van der Waals surface area contributed by atoms with Crippen LogP contribution < -0.4 is 4.90 Å². The van der Waals surface area contributed by atoms with Crippen molar-refractivity contribution in [1.29, 1.82) is 0 Å². The molecule has 0 radical (unpaired) electrons. The van der Waals surface area contributed by atoms with E-state index in [1.54, 1.807) is 12.1 Å². The number of esters is 1. The molecule has 0 atom stereocenters. The quantitative estimate of drug-likeness (QED) is 0.688. The molecule has 0 N–H and O–H groups in total. The third-order valence-electron chi connectivity index (χ3n) is 4.99. The number of carbonyl (C=O) groups excluding carboxylic acids is 2. The predicted molar refractivity (Wildman–Crippen MR) is 101 cm³/mol. The van der Waals surface area contributed by atoms with Crippen LogP contribution in [0, 0.1) is 0 Å². The lowest BCUT2D eigenvalue weighted by Gasteiger charge is -2.27. The first-order chi connectivity index (χ1) is 12.9. The summed E-state index contributed by atoms with van der Waals surface area (Å²) in [7, 11) is -3.65.